The van der Waals surface area contributed by atoms with Crippen LogP contribution >= 0.6 is 0 Å². The smallest absolute Gasteiger partial charge is 0.297 e. The van der Waals surface area contributed by atoms with Gasteiger partial charge in [0.1, 0.15) is 18.3 Å². The van der Waals surface area contributed by atoms with Gasteiger partial charge < -0.3 is 14.2 Å². The molecule has 0 aliphatic carbocycles. The molecular weight excluding hydrogens is 532 g/mol. The van der Waals surface area contributed by atoms with Crippen molar-refractivity contribution in [1.29, 1.82) is 0 Å². The maximum absolute atomic E-state index is 13.2. The molecule has 38 heavy (non-hydrogen) atoms. The number of ether oxygens (including phenoxy) is 3. The predicted molar refractivity (Wildman–Crippen MR) is 138 cm³/mol. The van der Waals surface area contributed by atoms with Gasteiger partial charge in [-0.1, -0.05) is 65.7 Å². The van der Waals surface area contributed by atoms with Crippen LogP contribution in [0.25, 0.3) is 0 Å². The second-order valence-electron chi connectivity index (χ2n) is 8.92. The Kier molecular flexibility index (Phi) is 8.99. The quantitative estimate of drug-likeness (QED) is 0.322. The van der Waals surface area contributed by atoms with E-state index in [9.17, 15) is 16.8 Å². The van der Waals surface area contributed by atoms with E-state index in [1.807, 2.05) is 44.2 Å². The van der Waals surface area contributed by atoms with Crippen LogP contribution in [0.3, 0.4) is 0 Å². The van der Waals surface area contributed by atoms with Crippen molar-refractivity contribution in [2.75, 3.05) is 13.7 Å². The van der Waals surface area contributed by atoms with E-state index >= 15 is 0 Å². The standard InChI is InChI=1S/C27H30O9S2/c1-19-9-13-22(14-10-19)37(28,29)34-18-24-25(36-38(30,31)23-15-11-20(2)12-16-23)26(27(32-3)35-24)33-17-21-7-5-4-6-8-21/h4-16,24-27H,17-18H2,1-3H3/t24-,25+,26-,27+/m0/s1. The summed E-state index contributed by atoms with van der Waals surface area (Å²) in [7, 11) is -7.05. The van der Waals surface area contributed by atoms with Crippen LogP contribution in [0.4, 0.5) is 0 Å². The number of rotatable bonds is 11. The van der Waals surface area contributed by atoms with Crippen LogP contribution in [0.15, 0.2) is 88.7 Å². The SMILES string of the molecule is CO[C@@H]1O[C@@H](COS(=O)(=O)c2ccc(C)cc2)[C@@H](OS(=O)(=O)c2ccc(C)cc2)[C@@H]1OCc1ccccc1. The minimum Gasteiger partial charge on any atom is -0.365 e. The molecule has 1 fully saturated rings. The molecular formula is C27H30O9S2. The molecule has 11 heteroatoms. The van der Waals surface area contributed by atoms with Gasteiger partial charge in [0.25, 0.3) is 20.2 Å². The van der Waals surface area contributed by atoms with Crippen molar-refractivity contribution in [2.45, 2.75) is 54.8 Å². The van der Waals surface area contributed by atoms with Gasteiger partial charge in [-0.3, -0.25) is 8.37 Å². The first-order chi connectivity index (χ1) is 18.1. The largest absolute Gasteiger partial charge is 0.365 e. The van der Waals surface area contributed by atoms with E-state index in [0.717, 1.165) is 16.7 Å². The first-order valence-corrected chi connectivity index (χ1v) is 14.7. The molecule has 0 saturated carbocycles. The molecule has 0 N–H and O–H groups in total. The van der Waals surface area contributed by atoms with Crippen LogP contribution in [0.5, 0.6) is 0 Å². The molecule has 1 aliphatic rings. The molecule has 3 aromatic rings. The Morgan fingerprint density at radius 3 is 1.84 bits per heavy atom. The van der Waals surface area contributed by atoms with Gasteiger partial charge in [0.05, 0.1) is 23.0 Å². The second kappa shape index (κ2) is 12.0. The van der Waals surface area contributed by atoms with Gasteiger partial charge in [-0.25, -0.2) is 0 Å². The molecule has 0 unspecified atom stereocenters. The summed E-state index contributed by atoms with van der Waals surface area (Å²) >= 11 is 0. The normalized spacial score (nSPS) is 22.0. The topological polar surface area (TPSA) is 114 Å². The van der Waals surface area contributed by atoms with Gasteiger partial charge in [-0.05, 0) is 43.7 Å². The van der Waals surface area contributed by atoms with Gasteiger partial charge in [0, 0.05) is 7.11 Å². The summed E-state index contributed by atoms with van der Waals surface area (Å²) in [5.74, 6) is 0. The summed E-state index contributed by atoms with van der Waals surface area (Å²) in [4.78, 5) is -0.0938. The Balaban J connectivity index is 1.58. The lowest BCUT2D eigenvalue weighted by Crippen LogP contribution is -2.41. The van der Waals surface area contributed by atoms with Crippen molar-refractivity contribution < 1.29 is 39.4 Å². The highest BCUT2D eigenvalue weighted by Crippen LogP contribution is 2.32. The van der Waals surface area contributed by atoms with E-state index in [-0.39, 0.29) is 16.4 Å². The Morgan fingerprint density at radius 1 is 0.737 bits per heavy atom. The van der Waals surface area contributed by atoms with E-state index < -0.39 is 51.4 Å². The highest BCUT2D eigenvalue weighted by Gasteiger charge is 2.49. The first-order valence-electron chi connectivity index (χ1n) is 11.9. The minimum atomic E-state index is -4.27. The van der Waals surface area contributed by atoms with Crippen LogP contribution in [0.2, 0.25) is 0 Å². The molecule has 0 radical (unpaired) electrons. The van der Waals surface area contributed by atoms with E-state index in [2.05, 4.69) is 0 Å². The number of aryl methyl sites for hydroxylation is 2. The van der Waals surface area contributed by atoms with Crippen molar-refractivity contribution >= 4 is 20.2 Å². The van der Waals surface area contributed by atoms with E-state index in [1.54, 1.807) is 24.3 Å². The first kappa shape index (κ1) is 28.4. The molecule has 4 atom stereocenters. The van der Waals surface area contributed by atoms with Crippen molar-refractivity contribution in [1.82, 2.24) is 0 Å². The van der Waals surface area contributed by atoms with Crippen LogP contribution in [-0.4, -0.2) is 55.2 Å². The maximum atomic E-state index is 13.2. The summed E-state index contributed by atoms with van der Waals surface area (Å²) in [6.45, 7) is 3.27. The minimum absolute atomic E-state index is 0.0361. The van der Waals surface area contributed by atoms with Gasteiger partial charge in [0.15, 0.2) is 6.29 Å². The summed E-state index contributed by atoms with van der Waals surface area (Å²) in [5.41, 5.74) is 2.60. The molecule has 3 aromatic carbocycles. The average molecular weight is 563 g/mol. The lowest BCUT2D eigenvalue weighted by atomic mass is 10.1. The number of benzene rings is 3. The number of hydrogen-bond acceptors (Lipinski definition) is 9. The Labute approximate surface area is 223 Å². The molecule has 204 valence electrons. The van der Waals surface area contributed by atoms with Gasteiger partial charge in [0.2, 0.25) is 0 Å². The third kappa shape index (κ3) is 6.86. The van der Waals surface area contributed by atoms with Gasteiger partial charge >= 0.3 is 0 Å². The third-order valence-electron chi connectivity index (χ3n) is 6.03. The van der Waals surface area contributed by atoms with Crippen molar-refractivity contribution in [3.63, 3.8) is 0 Å². The van der Waals surface area contributed by atoms with E-state index in [1.165, 1.54) is 31.4 Å². The van der Waals surface area contributed by atoms with Crippen molar-refractivity contribution in [3.8, 4) is 0 Å². The highest BCUT2D eigenvalue weighted by molar-refractivity contribution is 7.87. The molecule has 1 heterocycles. The zero-order chi connectivity index (χ0) is 27.3. The lowest BCUT2D eigenvalue weighted by molar-refractivity contribution is -0.167. The van der Waals surface area contributed by atoms with Crippen LogP contribution in [0.1, 0.15) is 16.7 Å². The summed E-state index contributed by atoms with van der Waals surface area (Å²) in [6, 6.07) is 21.6. The zero-order valence-corrected chi connectivity index (χ0v) is 22.9. The monoisotopic (exact) mass is 562 g/mol. The van der Waals surface area contributed by atoms with Crippen molar-refractivity contribution in [3.05, 3.63) is 95.6 Å². The Bertz CT molecular complexity index is 1410. The van der Waals surface area contributed by atoms with Gasteiger partial charge in [-0.2, -0.15) is 16.8 Å². The molecule has 0 bridgehead atoms. The molecule has 0 spiro atoms. The Morgan fingerprint density at radius 2 is 1.29 bits per heavy atom. The van der Waals surface area contributed by atoms with Gasteiger partial charge in [-0.15, -0.1) is 0 Å². The summed E-state index contributed by atoms with van der Waals surface area (Å²) < 4.78 is 80.1. The molecule has 1 aliphatic heterocycles. The lowest BCUT2D eigenvalue weighted by Gasteiger charge is -2.24. The fourth-order valence-corrected chi connectivity index (χ4v) is 5.94. The van der Waals surface area contributed by atoms with Crippen LogP contribution in [-0.2, 0) is 49.4 Å². The summed E-state index contributed by atoms with van der Waals surface area (Å²) in [6.07, 6.45) is -4.44. The molecule has 1 saturated heterocycles. The highest BCUT2D eigenvalue weighted by atomic mass is 32.2. The summed E-state index contributed by atoms with van der Waals surface area (Å²) in [5, 5.41) is 0. The van der Waals surface area contributed by atoms with E-state index in [0.29, 0.717) is 0 Å². The molecule has 4 rings (SSSR count). The fourth-order valence-electron chi connectivity index (χ4n) is 3.91. The second-order valence-corrected chi connectivity index (χ2v) is 12.1. The maximum Gasteiger partial charge on any atom is 0.297 e. The zero-order valence-electron chi connectivity index (χ0n) is 21.2. The van der Waals surface area contributed by atoms with E-state index in [4.69, 9.17) is 22.6 Å². The van der Waals surface area contributed by atoms with Crippen LogP contribution in [0, 0.1) is 13.8 Å². The molecule has 0 amide bonds. The van der Waals surface area contributed by atoms with Crippen molar-refractivity contribution in [2.24, 2.45) is 0 Å². The number of methoxy groups -OCH3 is 1. The molecule has 0 aromatic heterocycles. The fraction of sp³-hybridized carbons (Fsp3) is 0.333. The Hall–Kier alpha value is -2.64. The average Bonchev–Trinajstić information content (AvgIpc) is 3.23. The predicted octanol–water partition coefficient (Wildman–Crippen LogP) is 3.74. The third-order valence-corrected chi connectivity index (χ3v) is 8.65. The van der Waals surface area contributed by atoms with Crippen LogP contribution < -0.4 is 0 Å². The number of hydrogen-bond donors (Lipinski definition) is 0. The molecule has 9 nitrogen and oxygen atoms in total.